The summed E-state index contributed by atoms with van der Waals surface area (Å²) in [5, 5.41) is 0. The van der Waals surface area contributed by atoms with Crippen LogP contribution in [0.1, 0.15) is 33.6 Å². The molecule has 1 spiro atoms. The Bertz CT molecular complexity index is 239. The molecular weight excluding hydrogens is 200 g/mol. The minimum Gasteiger partial charge on any atom is -0.365 e. The van der Waals surface area contributed by atoms with E-state index in [0.717, 1.165) is 13.3 Å². The lowest BCUT2D eigenvalue weighted by Gasteiger charge is -2.49. The first-order valence-electron chi connectivity index (χ1n) is 6.43. The highest BCUT2D eigenvalue weighted by Crippen LogP contribution is 2.36. The quantitative estimate of drug-likeness (QED) is 0.626. The zero-order valence-electron chi connectivity index (χ0n) is 11.3. The molecule has 2 aliphatic rings. The Morgan fingerprint density at radius 3 is 2.25 bits per heavy atom. The number of piperidine rings is 1. The summed E-state index contributed by atoms with van der Waals surface area (Å²) >= 11 is 0. The Balaban J connectivity index is 1.93. The largest absolute Gasteiger partial charge is 0.365 e. The molecule has 0 radical (unpaired) electrons. The Kier molecular flexibility index (Phi) is 3.30. The molecular formula is C13H26N2O. The van der Waals surface area contributed by atoms with Gasteiger partial charge in [-0.2, -0.15) is 0 Å². The molecule has 0 aromatic carbocycles. The zero-order chi connectivity index (χ0) is 11.8. The van der Waals surface area contributed by atoms with Crippen LogP contribution in [0.25, 0.3) is 0 Å². The monoisotopic (exact) mass is 226 g/mol. The molecule has 3 heteroatoms. The van der Waals surface area contributed by atoms with Gasteiger partial charge in [0.15, 0.2) is 0 Å². The van der Waals surface area contributed by atoms with Crippen LogP contribution >= 0.6 is 0 Å². The van der Waals surface area contributed by atoms with E-state index in [0.29, 0.717) is 11.0 Å². The molecule has 16 heavy (non-hydrogen) atoms. The van der Waals surface area contributed by atoms with E-state index in [1.54, 1.807) is 0 Å². The van der Waals surface area contributed by atoms with Gasteiger partial charge in [0.2, 0.25) is 0 Å². The molecule has 3 nitrogen and oxygen atoms in total. The van der Waals surface area contributed by atoms with Crippen molar-refractivity contribution in [3.05, 3.63) is 0 Å². The van der Waals surface area contributed by atoms with Crippen LogP contribution in [0.15, 0.2) is 0 Å². The van der Waals surface area contributed by atoms with Crippen molar-refractivity contribution in [2.24, 2.45) is 5.41 Å². The molecule has 0 N–H and O–H groups in total. The fourth-order valence-electron chi connectivity index (χ4n) is 3.04. The lowest BCUT2D eigenvalue weighted by atomic mass is 9.77. The molecule has 0 unspecified atom stereocenters. The maximum atomic E-state index is 5.70. The van der Waals surface area contributed by atoms with Crippen molar-refractivity contribution in [2.45, 2.75) is 39.2 Å². The second-order valence-electron chi connectivity index (χ2n) is 6.65. The van der Waals surface area contributed by atoms with E-state index in [9.17, 15) is 0 Å². The summed E-state index contributed by atoms with van der Waals surface area (Å²) in [6.45, 7) is 12.4. The van der Waals surface area contributed by atoms with E-state index >= 15 is 0 Å². The minimum atomic E-state index is 0.322. The van der Waals surface area contributed by atoms with E-state index in [2.05, 4.69) is 37.6 Å². The third-order valence-corrected chi connectivity index (χ3v) is 4.10. The third kappa shape index (κ3) is 2.58. The standard InChI is InChI=1S/C13H26N2O/c1-12(2,3)15-7-5-13(6-8-15)9-14(4)11-16-10-13/h5-11H2,1-4H3. The van der Waals surface area contributed by atoms with Crippen LogP contribution in [0.5, 0.6) is 0 Å². The van der Waals surface area contributed by atoms with Gasteiger partial charge in [0.05, 0.1) is 13.3 Å². The van der Waals surface area contributed by atoms with Gasteiger partial charge < -0.3 is 4.74 Å². The van der Waals surface area contributed by atoms with Crippen LogP contribution in [0.2, 0.25) is 0 Å². The van der Waals surface area contributed by atoms with Crippen molar-refractivity contribution >= 4 is 0 Å². The predicted octanol–water partition coefficient (Wildman–Crippen LogP) is 1.79. The van der Waals surface area contributed by atoms with E-state index in [1.807, 2.05) is 0 Å². The summed E-state index contributed by atoms with van der Waals surface area (Å²) in [7, 11) is 2.16. The van der Waals surface area contributed by atoms with Gasteiger partial charge in [-0.3, -0.25) is 9.80 Å². The SMILES string of the molecule is CN1COCC2(CCN(C(C)(C)C)CC2)C1. The molecule has 0 amide bonds. The highest BCUT2D eigenvalue weighted by molar-refractivity contribution is 4.92. The topological polar surface area (TPSA) is 15.7 Å². The van der Waals surface area contributed by atoms with Crippen LogP contribution in [-0.4, -0.2) is 55.4 Å². The lowest BCUT2D eigenvalue weighted by molar-refractivity contribution is -0.108. The van der Waals surface area contributed by atoms with Crippen molar-refractivity contribution in [1.29, 1.82) is 0 Å². The third-order valence-electron chi connectivity index (χ3n) is 4.10. The number of rotatable bonds is 0. The van der Waals surface area contributed by atoms with Gasteiger partial charge >= 0.3 is 0 Å². The molecule has 0 atom stereocenters. The molecule has 94 valence electrons. The van der Waals surface area contributed by atoms with E-state index in [1.165, 1.54) is 32.5 Å². The first-order chi connectivity index (χ1) is 7.41. The molecule has 2 fully saturated rings. The maximum Gasteiger partial charge on any atom is 0.0988 e. The van der Waals surface area contributed by atoms with E-state index in [-0.39, 0.29) is 0 Å². The van der Waals surface area contributed by atoms with Gasteiger partial charge in [0.25, 0.3) is 0 Å². The normalized spacial score (nSPS) is 28.5. The van der Waals surface area contributed by atoms with Gasteiger partial charge in [-0.25, -0.2) is 0 Å². The lowest BCUT2D eigenvalue weighted by Crippen LogP contribution is -2.55. The number of nitrogens with zero attached hydrogens (tertiary/aromatic N) is 2. The molecule has 2 heterocycles. The smallest absolute Gasteiger partial charge is 0.0988 e. The average Bonchev–Trinajstić information content (AvgIpc) is 2.16. The van der Waals surface area contributed by atoms with Crippen molar-refractivity contribution in [3.8, 4) is 0 Å². The molecule has 0 aromatic heterocycles. The van der Waals surface area contributed by atoms with E-state index < -0.39 is 0 Å². The maximum absolute atomic E-state index is 5.70. The zero-order valence-corrected chi connectivity index (χ0v) is 11.3. The first kappa shape index (κ1) is 12.3. The Morgan fingerprint density at radius 2 is 1.75 bits per heavy atom. The average molecular weight is 226 g/mol. The van der Waals surface area contributed by atoms with Crippen molar-refractivity contribution in [1.82, 2.24) is 9.80 Å². The highest BCUT2D eigenvalue weighted by Gasteiger charge is 2.40. The number of ether oxygens (including phenoxy) is 1. The summed E-state index contributed by atoms with van der Waals surface area (Å²) in [6, 6.07) is 0. The molecule has 0 aromatic rings. The van der Waals surface area contributed by atoms with Gasteiger partial charge in [-0.1, -0.05) is 0 Å². The van der Waals surface area contributed by atoms with Gasteiger partial charge in [0.1, 0.15) is 0 Å². The Labute approximate surface area is 99.7 Å². The van der Waals surface area contributed by atoms with Crippen molar-refractivity contribution in [3.63, 3.8) is 0 Å². The van der Waals surface area contributed by atoms with Crippen LogP contribution in [-0.2, 0) is 4.74 Å². The molecule has 2 rings (SSSR count). The molecule has 0 bridgehead atoms. The highest BCUT2D eigenvalue weighted by atomic mass is 16.5. The number of hydrogen-bond acceptors (Lipinski definition) is 3. The number of hydrogen-bond donors (Lipinski definition) is 0. The first-order valence-corrected chi connectivity index (χ1v) is 6.43. The van der Waals surface area contributed by atoms with Gasteiger partial charge in [-0.05, 0) is 53.8 Å². The van der Waals surface area contributed by atoms with Crippen LogP contribution in [0.3, 0.4) is 0 Å². The molecule has 0 saturated carbocycles. The van der Waals surface area contributed by atoms with Crippen molar-refractivity contribution < 1.29 is 4.74 Å². The second-order valence-corrected chi connectivity index (χ2v) is 6.65. The van der Waals surface area contributed by atoms with E-state index in [4.69, 9.17) is 4.74 Å². The summed E-state index contributed by atoms with van der Waals surface area (Å²) in [4.78, 5) is 4.92. The van der Waals surface area contributed by atoms with Gasteiger partial charge in [0, 0.05) is 17.5 Å². The summed E-state index contributed by atoms with van der Waals surface area (Å²) < 4.78 is 5.70. The van der Waals surface area contributed by atoms with Crippen LogP contribution in [0.4, 0.5) is 0 Å². The fourth-order valence-corrected chi connectivity index (χ4v) is 3.04. The Hall–Kier alpha value is -0.120. The molecule has 2 saturated heterocycles. The Morgan fingerprint density at radius 1 is 1.12 bits per heavy atom. The van der Waals surface area contributed by atoms with Crippen LogP contribution < -0.4 is 0 Å². The summed E-state index contributed by atoms with van der Waals surface area (Å²) in [5.74, 6) is 0. The molecule has 2 aliphatic heterocycles. The van der Waals surface area contributed by atoms with Crippen molar-refractivity contribution in [2.75, 3.05) is 40.0 Å². The fraction of sp³-hybridized carbons (Fsp3) is 1.00. The molecule has 0 aliphatic carbocycles. The second kappa shape index (κ2) is 4.28. The summed E-state index contributed by atoms with van der Waals surface area (Å²) in [6.07, 6.45) is 2.57. The van der Waals surface area contributed by atoms with Crippen LogP contribution in [0, 0.1) is 5.41 Å². The minimum absolute atomic E-state index is 0.322. The number of likely N-dealkylation sites (tertiary alicyclic amines) is 1. The predicted molar refractivity (Wildman–Crippen MR) is 66.4 cm³/mol. The van der Waals surface area contributed by atoms with Gasteiger partial charge in [-0.15, -0.1) is 0 Å². The summed E-state index contributed by atoms with van der Waals surface area (Å²) in [5.41, 5.74) is 0.762.